The molecule has 0 aliphatic rings. The summed E-state index contributed by atoms with van der Waals surface area (Å²) in [5, 5.41) is 2.81. The number of benzene rings is 3. The van der Waals surface area contributed by atoms with Crippen LogP contribution >= 0.6 is 7.14 Å². The van der Waals surface area contributed by atoms with Crippen LogP contribution in [-0.2, 0) is 4.57 Å². The van der Waals surface area contributed by atoms with E-state index in [4.69, 9.17) is 0 Å². The van der Waals surface area contributed by atoms with E-state index in [2.05, 4.69) is 26.0 Å². The summed E-state index contributed by atoms with van der Waals surface area (Å²) >= 11 is 0. The van der Waals surface area contributed by atoms with Crippen molar-refractivity contribution in [1.29, 1.82) is 0 Å². The number of aryl methyl sites for hydroxylation is 4. The summed E-state index contributed by atoms with van der Waals surface area (Å²) in [7, 11) is -2.91. The second-order valence-corrected chi connectivity index (χ2v) is 9.14. The van der Waals surface area contributed by atoms with E-state index in [1.807, 2.05) is 68.4 Å². The fourth-order valence-electron chi connectivity index (χ4n) is 3.38. The topological polar surface area (TPSA) is 17.1 Å². The van der Waals surface area contributed by atoms with Crippen LogP contribution in [0.5, 0.6) is 0 Å². The third-order valence-corrected chi connectivity index (χ3v) is 8.14. The van der Waals surface area contributed by atoms with Gasteiger partial charge in [0.05, 0.1) is 0 Å². The van der Waals surface area contributed by atoms with E-state index in [9.17, 15) is 4.57 Å². The Kier molecular flexibility index (Phi) is 4.47. The van der Waals surface area contributed by atoms with Gasteiger partial charge in [0, 0.05) is 15.9 Å². The first-order chi connectivity index (χ1) is 11.4. The molecule has 24 heavy (non-hydrogen) atoms. The van der Waals surface area contributed by atoms with Crippen LogP contribution in [0.25, 0.3) is 0 Å². The van der Waals surface area contributed by atoms with E-state index in [1.165, 1.54) is 5.56 Å². The summed E-state index contributed by atoms with van der Waals surface area (Å²) in [4.78, 5) is 0. The molecule has 0 radical (unpaired) electrons. The van der Waals surface area contributed by atoms with Gasteiger partial charge < -0.3 is 4.57 Å². The summed E-state index contributed by atoms with van der Waals surface area (Å²) in [6, 6.07) is 22.3. The van der Waals surface area contributed by atoms with Gasteiger partial charge in [-0.25, -0.2) is 0 Å². The summed E-state index contributed by atoms with van der Waals surface area (Å²) in [5.74, 6) is 0. The van der Waals surface area contributed by atoms with E-state index in [0.717, 1.165) is 32.6 Å². The lowest BCUT2D eigenvalue weighted by Crippen LogP contribution is -2.29. The van der Waals surface area contributed by atoms with E-state index in [-0.39, 0.29) is 0 Å². The van der Waals surface area contributed by atoms with Crippen molar-refractivity contribution in [3.05, 3.63) is 89.0 Å². The maximum absolute atomic E-state index is 14.6. The first-order valence-corrected chi connectivity index (χ1v) is 9.95. The molecule has 0 atom stereocenters. The maximum Gasteiger partial charge on any atom is 0.171 e. The minimum absolute atomic E-state index is 0.936. The van der Waals surface area contributed by atoms with Crippen LogP contribution in [-0.4, -0.2) is 0 Å². The maximum atomic E-state index is 14.6. The van der Waals surface area contributed by atoms with Crippen LogP contribution in [0.4, 0.5) is 0 Å². The second kappa shape index (κ2) is 6.42. The Morgan fingerprint density at radius 2 is 1.04 bits per heavy atom. The van der Waals surface area contributed by atoms with Crippen LogP contribution in [0.15, 0.2) is 66.7 Å². The molecule has 1 nitrogen and oxygen atoms in total. The van der Waals surface area contributed by atoms with Gasteiger partial charge in [0.25, 0.3) is 0 Å². The first-order valence-electron chi connectivity index (χ1n) is 8.25. The number of hydrogen-bond donors (Lipinski definition) is 0. The van der Waals surface area contributed by atoms with Crippen LogP contribution in [0.2, 0.25) is 0 Å². The van der Waals surface area contributed by atoms with Crippen molar-refractivity contribution in [3.8, 4) is 0 Å². The quantitative estimate of drug-likeness (QED) is 0.642. The van der Waals surface area contributed by atoms with Crippen LogP contribution < -0.4 is 15.9 Å². The first kappa shape index (κ1) is 16.7. The molecule has 3 aromatic carbocycles. The van der Waals surface area contributed by atoms with Crippen molar-refractivity contribution < 1.29 is 4.57 Å². The van der Waals surface area contributed by atoms with Gasteiger partial charge in [-0.3, -0.25) is 0 Å². The van der Waals surface area contributed by atoms with Gasteiger partial charge in [-0.05, 0) is 44.4 Å². The zero-order valence-corrected chi connectivity index (χ0v) is 15.6. The molecule has 2 heteroatoms. The van der Waals surface area contributed by atoms with Crippen molar-refractivity contribution in [3.63, 3.8) is 0 Å². The molecule has 0 heterocycles. The van der Waals surface area contributed by atoms with Gasteiger partial charge in [-0.1, -0.05) is 72.3 Å². The predicted molar refractivity (Wildman–Crippen MR) is 105 cm³/mol. The minimum Gasteiger partial charge on any atom is -0.309 e. The van der Waals surface area contributed by atoms with Crippen molar-refractivity contribution >= 4 is 23.1 Å². The van der Waals surface area contributed by atoms with Crippen molar-refractivity contribution in [2.45, 2.75) is 27.7 Å². The standard InChI is InChI=1S/C22H23OP/c1-16-13-14-22(19(4)15-16)24(23,20-11-7-5-9-17(20)2)21-12-8-6-10-18(21)3/h5-15H,1-4H3. The molecule has 0 N–H and O–H groups in total. The Morgan fingerprint density at radius 1 is 0.583 bits per heavy atom. The molecule has 0 spiro atoms. The molecule has 0 aromatic heterocycles. The molecule has 0 saturated heterocycles. The minimum atomic E-state index is -2.91. The summed E-state index contributed by atoms with van der Waals surface area (Å²) in [6.45, 7) is 8.22. The SMILES string of the molecule is Cc1ccc(P(=O)(c2ccccc2C)c2ccccc2C)c(C)c1. The average Bonchev–Trinajstić information content (AvgIpc) is 2.55. The summed E-state index contributed by atoms with van der Waals surface area (Å²) in [5.41, 5.74) is 4.43. The lowest BCUT2D eigenvalue weighted by atomic mass is 10.2. The summed E-state index contributed by atoms with van der Waals surface area (Å²) < 4.78 is 14.6. The van der Waals surface area contributed by atoms with Crippen molar-refractivity contribution in [2.24, 2.45) is 0 Å². The largest absolute Gasteiger partial charge is 0.309 e. The van der Waals surface area contributed by atoms with E-state index in [1.54, 1.807) is 0 Å². The molecular formula is C22H23OP. The number of rotatable bonds is 3. The zero-order valence-electron chi connectivity index (χ0n) is 14.7. The fourth-order valence-corrected chi connectivity index (χ4v) is 6.74. The molecule has 0 fully saturated rings. The highest BCUT2D eigenvalue weighted by molar-refractivity contribution is 7.85. The fraction of sp³-hybridized carbons (Fsp3) is 0.182. The van der Waals surface area contributed by atoms with Crippen molar-refractivity contribution in [1.82, 2.24) is 0 Å². The predicted octanol–water partition coefficient (Wildman–Crippen LogP) is 4.56. The van der Waals surface area contributed by atoms with E-state index >= 15 is 0 Å². The monoisotopic (exact) mass is 334 g/mol. The normalized spacial score (nSPS) is 11.5. The van der Waals surface area contributed by atoms with Gasteiger partial charge in [0.2, 0.25) is 0 Å². The summed E-state index contributed by atoms with van der Waals surface area (Å²) in [6.07, 6.45) is 0. The Morgan fingerprint density at radius 3 is 1.50 bits per heavy atom. The third-order valence-electron chi connectivity index (χ3n) is 4.60. The molecule has 0 aliphatic carbocycles. The highest BCUT2D eigenvalue weighted by atomic mass is 31.2. The Balaban J connectivity index is 2.41. The molecular weight excluding hydrogens is 311 g/mol. The van der Waals surface area contributed by atoms with E-state index in [0.29, 0.717) is 0 Å². The van der Waals surface area contributed by atoms with Crippen molar-refractivity contribution in [2.75, 3.05) is 0 Å². The van der Waals surface area contributed by atoms with Gasteiger partial charge in [-0.2, -0.15) is 0 Å². The van der Waals surface area contributed by atoms with Gasteiger partial charge >= 0.3 is 0 Å². The molecule has 0 unspecified atom stereocenters. The van der Waals surface area contributed by atoms with Gasteiger partial charge in [0.15, 0.2) is 7.14 Å². The Hall–Kier alpha value is -2.11. The third kappa shape index (κ3) is 2.74. The molecule has 3 aromatic rings. The van der Waals surface area contributed by atoms with Crippen LogP contribution in [0.3, 0.4) is 0 Å². The Bertz CT molecular complexity index is 891. The molecule has 3 rings (SSSR count). The van der Waals surface area contributed by atoms with Gasteiger partial charge in [-0.15, -0.1) is 0 Å². The van der Waals surface area contributed by atoms with Crippen LogP contribution in [0, 0.1) is 27.7 Å². The number of hydrogen-bond acceptors (Lipinski definition) is 1. The molecule has 0 saturated carbocycles. The highest BCUT2D eigenvalue weighted by Crippen LogP contribution is 2.45. The zero-order chi connectivity index (χ0) is 17.3. The van der Waals surface area contributed by atoms with Gasteiger partial charge in [0.1, 0.15) is 0 Å². The second-order valence-electron chi connectivity index (χ2n) is 6.47. The molecule has 0 amide bonds. The smallest absolute Gasteiger partial charge is 0.171 e. The Labute approximate surface area is 144 Å². The lowest BCUT2D eigenvalue weighted by molar-refractivity contribution is 0.592. The lowest BCUT2D eigenvalue weighted by Gasteiger charge is -2.25. The highest BCUT2D eigenvalue weighted by Gasteiger charge is 2.33. The molecule has 122 valence electrons. The molecule has 0 aliphatic heterocycles. The van der Waals surface area contributed by atoms with Crippen LogP contribution in [0.1, 0.15) is 22.3 Å². The molecule has 0 bridgehead atoms. The van der Waals surface area contributed by atoms with E-state index < -0.39 is 7.14 Å². The average molecular weight is 334 g/mol.